The van der Waals surface area contributed by atoms with E-state index in [1.807, 2.05) is 42.9 Å². The molecule has 2 rings (SSSR count). The second kappa shape index (κ2) is 8.47. The fraction of sp³-hybridized carbons (Fsp3) is 0.500. The monoisotopic (exact) mass is 329 g/mol. The second-order valence-corrected chi connectivity index (χ2v) is 6.32. The number of aryl methyl sites for hydroxylation is 1. The Morgan fingerprint density at radius 1 is 1.21 bits per heavy atom. The first-order valence-corrected chi connectivity index (χ1v) is 8.46. The summed E-state index contributed by atoms with van der Waals surface area (Å²) < 4.78 is 1.94. The first kappa shape index (κ1) is 18.0. The molecule has 1 amide bonds. The van der Waals surface area contributed by atoms with Crippen molar-refractivity contribution < 1.29 is 4.79 Å². The van der Waals surface area contributed by atoms with Crippen molar-refractivity contribution in [1.29, 1.82) is 0 Å². The molecule has 2 heterocycles. The van der Waals surface area contributed by atoms with E-state index in [2.05, 4.69) is 34.4 Å². The highest BCUT2D eigenvalue weighted by Crippen LogP contribution is 2.17. The van der Waals surface area contributed by atoms with Crippen molar-refractivity contribution in [3.63, 3.8) is 0 Å². The third kappa shape index (κ3) is 4.81. The van der Waals surface area contributed by atoms with Gasteiger partial charge in [-0.25, -0.2) is 9.97 Å². The maximum absolute atomic E-state index is 12.3. The predicted octanol–water partition coefficient (Wildman–Crippen LogP) is 2.89. The van der Waals surface area contributed by atoms with Crippen LogP contribution in [0.2, 0.25) is 0 Å². The van der Waals surface area contributed by atoms with E-state index in [1.165, 1.54) is 0 Å². The van der Waals surface area contributed by atoms with Gasteiger partial charge in [0.2, 0.25) is 5.91 Å². The Hall–Kier alpha value is -2.37. The van der Waals surface area contributed by atoms with Crippen LogP contribution in [0.4, 0.5) is 5.82 Å². The largest absolute Gasteiger partial charge is 0.370 e. The first-order valence-electron chi connectivity index (χ1n) is 8.46. The van der Waals surface area contributed by atoms with Crippen molar-refractivity contribution in [3.8, 4) is 0 Å². The van der Waals surface area contributed by atoms with E-state index < -0.39 is 0 Å². The third-order valence-electron chi connectivity index (χ3n) is 3.88. The van der Waals surface area contributed by atoms with Gasteiger partial charge in [0, 0.05) is 37.6 Å². The number of amides is 1. The molecule has 1 atom stereocenters. The lowest BCUT2D eigenvalue weighted by Crippen LogP contribution is -2.33. The van der Waals surface area contributed by atoms with E-state index in [0.29, 0.717) is 12.5 Å². The van der Waals surface area contributed by atoms with Crippen LogP contribution in [0.1, 0.15) is 50.5 Å². The van der Waals surface area contributed by atoms with Crippen molar-refractivity contribution in [1.82, 2.24) is 19.9 Å². The Bertz CT molecular complexity index is 648. The average molecular weight is 329 g/mol. The molecule has 6 nitrogen and oxygen atoms in total. The highest BCUT2D eigenvalue weighted by molar-refractivity contribution is 5.79. The summed E-state index contributed by atoms with van der Waals surface area (Å²) in [4.78, 5) is 20.9. The molecule has 2 aromatic heterocycles. The molecule has 0 saturated heterocycles. The van der Waals surface area contributed by atoms with Gasteiger partial charge < -0.3 is 15.2 Å². The standard InChI is InChI=1S/C18H27N5O/c1-13(2)17-20-10-11-23(17)15(4)18(24)21-9-5-8-19-16-7-6-14(3)12-22-16/h6-7,10-13,15H,5,8-9H2,1-4H3,(H,19,22)(H,21,24)/t15-/m0/s1. The quantitative estimate of drug-likeness (QED) is 0.731. The summed E-state index contributed by atoms with van der Waals surface area (Å²) in [5.74, 6) is 2.11. The van der Waals surface area contributed by atoms with E-state index in [9.17, 15) is 4.79 Å². The normalized spacial score (nSPS) is 12.2. The van der Waals surface area contributed by atoms with Crippen molar-refractivity contribution in [2.45, 2.75) is 46.1 Å². The number of nitrogens with one attached hydrogen (secondary N) is 2. The molecule has 0 aliphatic heterocycles. The van der Waals surface area contributed by atoms with E-state index in [0.717, 1.165) is 30.2 Å². The zero-order valence-corrected chi connectivity index (χ0v) is 14.9. The number of aromatic nitrogens is 3. The van der Waals surface area contributed by atoms with Gasteiger partial charge in [0.05, 0.1) is 0 Å². The number of carbonyl (C=O) groups is 1. The van der Waals surface area contributed by atoms with Gasteiger partial charge in [-0.2, -0.15) is 0 Å². The molecule has 6 heteroatoms. The molecule has 0 spiro atoms. The zero-order chi connectivity index (χ0) is 17.5. The maximum atomic E-state index is 12.3. The predicted molar refractivity (Wildman–Crippen MR) is 96.1 cm³/mol. The number of anilines is 1. The summed E-state index contributed by atoms with van der Waals surface area (Å²) in [6.07, 6.45) is 6.29. The van der Waals surface area contributed by atoms with Crippen LogP contribution < -0.4 is 10.6 Å². The molecule has 0 saturated carbocycles. The summed E-state index contributed by atoms with van der Waals surface area (Å²) >= 11 is 0. The van der Waals surface area contributed by atoms with Gasteiger partial charge in [-0.3, -0.25) is 4.79 Å². The highest BCUT2D eigenvalue weighted by atomic mass is 16.2. The molecule has 130 valence electrons. The van der Waals surface area contributed by atoms with Crippen LogP contribution in [0.15, 0.2) is 30.7 Å². The van der Waals surface area contributed by atoms with Crippen LogP contribution in [-0.2, 0) is 4.79 Å². The Labute approximate surface area is 143 Å². The molecule has 0 fully saturated rings. The smallest absolute Gasteiger partial charge is 0.242 e. The van der Waals surface area contributed by atoms with Gasteiger partial charge in [-0.1, -0.05) is 19.9 Å². The molecule has 0 aromatic carbocycles. The van der Waals surface area contributed by atoms with Crippen molar-refractivity contribution in [2.24, 2.45) is 0 Å². The van der Waals surface area contributed by atoms with Crippen molar-refractivity contribution in [3.05, 3.63) is 42.1 Å². The van der Waals surface area contributed by atoms with Crippen molar-refractivity contribution in [2.75, 3.05) is 18.4 Å². The molecule has 0 bridgehead atoms. The molecule has 2 aromatic rings. The van der Waals surface area contributed by atoms with E-state index >= 15 is 0 Å². The minimum atomic E-state index is -0.253. The lowest BCUT2D eigenvalue weighted by Gasteiger charge is -2.17. The van der Waals surface area contributed by atoms with Crippen LogP contribution in [0, 0.1) is 6.92 Å². The zero-order valence-electron chi connectivity index (χ0n) is 14.9. The summed E-state index contributed by atoms with van der Waals surface area (Å²) in [5, 5.41) is 6.23. The molecule has 0 aliphatic rings. The third-order valence-corrected chi connectivity index (χ3v) is 3.88. The maximum Gasteiger partial charge on any atom is 0.242 e. The summed E-state index contributed by atoms with van der Waals surface area (Å²) in [6.45, 7) is 9.47. The number of nitrogens with zero attached hydrogens (tertiary/aromatic N) is 3. The minimum Gasteiger partial charge on any atom is -0.370 e. The fourth-order valence-corrected chi connectivity index (χ4v) is 2.46. The van der Waals surface area contributed by atoms with Gasteiger partial charge in [-0.15, -0.1) is 0 Å². The molecule has 0 radical (unpaired) electrons. The fourth-order valence-electron chi connectivity index (χ4n) is 2.46. The Kier molecular flexibility index (Phi) is 6.35. The SMILES string of the molecule is Cc1ccc(NCCCNC(=O)[C@H](C)n2ccnc2C(C)C)nc1. The lowest BCUT2D eigenvalue weighted by atomic mass is 10.2. The van der Waals surface area contributed by atoms with Gasteiger partial charge in [0.15, 0.2) is 0 Å². The van der Waals surface area contributed by atoms with E-state index in [4.69, 9.17) is 0 Å². The van der Waals surface area contributed by atoms with Crippen LogP contribution in [0.3, 0.4) is 0 Å². The molecular weight excluding hydrogens is 302 g/mol. The van der Waals surface area contributed by atoms with Gasteiger partial charge >= 0.3 is 0 Å². The second-order valence-electron chi connectivity index (χ2n) is 6.32. The Balaban J connectivity index is 1.72. The van der Waals surface area contributed by atoms with Crippen molar-refractivity contribution >= 4 is 11.7 Å². The van der Waals surface area contributed by atoms with Gasteiger partial charge in [0.1, 0.15) is 17.7 Å². The molecule has 0 unspecified atom stereocenters. The van der Waals surface area contributed by atoms with Gasteiger partial charge in [-0.05, 0) is 31.9 Å². The number of carbonyl (C=O) groups excluding carboxylic acids is 1. The lowest BCUT2D eigenvalue weighted by molar-refractivity contribution is -0.123. The number of rotatable bonds is 8. The highest BCUT2D eigenvalue weighted by Gasteiger charge is 2.18. The average Bonchev–Trinajstić information content (AvgIpc) is 3.05. The van der Waals surface area contributed by atoms with Crippen LogP contribution in [0.25, 0.3) is 0 Å². The summed E-state index contributed by atoms with van der Waals surface area (Å²) in [5.41, 5.74) is 1.14. The minimum absolute atomic E-state index is 0.0170. The molecule has 0 aliphatic carbocycles. The number of imidazole rings is 1. The van der Waals surface area contributed by atoms with Crippen LogP contribution in [-0.4, -0.2) is 33.5 Å². The Morgan fingerprint density at radius 3 is 2.67 bits per heavy atom. The van der Waals surface area contributed by atoms with Crippen LogP contribution >= 0.6 is 0 Å². The Morgan fingerprint density at radius 2 is 2.00 bits per heavy atom. The summed E-state index contributed by atoms with van der Waals surface area (Å²) in [6, 6.07) is 3.73. The molecule has 2 N–H and O–H groups in total. The molecular formula is C18H27N5O. The number of pyridine rings is 1. The van der Waals surface area contributed by atoms with E-state index in [-0.39, 0.29) is 11.9 Å². The van der Waals surface area contributed by atoms with Gasteiger partial charge in [0.25, 0.3) is 0 Å². The van der Waals surface area contributed by atoms with Crippen LogP contribution in [0.5, 0.6) is 0 Å². The van der Waals surface area contributed by atoms with E-state index in [1.54, 1.807) is 6.20 Å². The summed E-state index contributed by atoms with van der Waals surface area (Å²) in [7, 11) is 0. The molecule has 24 heavy (non-hydrogen) atoms. The number of hydrogen-bond donors (Lipinski definition) is 2. The number of hydrogen-bond acceptors (Lipinski definition) is 4. The topological polar surface area (TPSA) is 71.8 Å². The first-order chi connectivity index (χ1) is 11.5.